The number of piperidine rings is 1. The molecule has 5 rings (SSSR count). The van der Waals surface area contributed by atoms with Crippen molar-refractivity contribution in [3.8, 4) is 11.5 Å². The van der Waals surface area contributed by atoms with Crippen LogP contribution < -0.4 is 14.9 Å². The van der Waals surface area contributed by atoms with E-state index in [1.165, 1.54) is 0 Å². The molecule has 3 aliphatic heterocycles. The van der Waals surface area contributed by atoms with Crippen LogP contribution in [0, 0.1) is 0 Å². The summed E-state index contributed by atoms with van der Waals surface area (Å²) in [5.41, 5.74) is 4.91. The Bertz CT molecular complexity index is 929. The number of benzene rings is 1. The summed E-state index contributed by atoms with van der Waals surface area (Å²) in [6.45, 7) is 2.92. The number of amides is 1. The Balaban J connectivity index is 1.57. The summed E-state index contributed by atoms with van der Waals surface area (Å²) in [6.07, 6.45) is 5.24. The Labute approximate surface area is 163 Å². The third kappa shape index (κ3) is 2.50. The number of fused-ring (bicyclic) bond motifs is 4. The molecule has 0 aliphatic carbocycles. The molecule has 1 amide bonds. The number of hydrogen-bond acceptors (Lipinski definition) is 6. The average Bonchev–Trinajstić information content (AvgIpc) is 3.38. The minimum absolute atomic E-state index is 0.0113. The molecule has 2 aromatic rings. The molecule has 3 aliphatic rings. The Kier molecular flexibility index (Phi) is 3.87. The van der Waals surface area contributed by atoms with Gasteiger partial charge in [0.2, 0.25) is 5.91 Å². The number of likely N-dealkylation sites (tertiary alicyclic amines) is 1. The lowest BCUT2D eigenvalue weighted by molar-refractivity contribution is -0.166. The smallest absolute Gasteiger partial charge is 0.219 e. The molecule has 1 atom stereocenters. The van der Waals surface area contributed by atoms with E-state index in [0.29, 0.717) is 25.9 Å². The highest BCUT2D eigenvalue weighted by atomic mass is 16.5. The third-order valence-electron chi connectivity index (χ3n) is 5.90. The van der Waals surface area contributed by atoms with Gasteiger partial charge in [-0.1, -0.05) is 12.1 Å². The number of methoxy groups -OCH3 is 1. The number of furan rings is 1. The Morgan fingerprint density at radius 3 is 2.75 bits per heavy atom. The van der Waals surface area contributed by atoms with Crippen LogP contribution in [0.3, 0.4) is 0 Å². The molecular weight excluding hydrogens is 358 g/mol. The molecule has 1 saturated heterocycles. The van der Waals surface area contributed by atoms with Gasteiger partial charge in [0.25, 0.3) is 0 Å². The van der Waals surface area contributed by atoms with E-state index in [0.717, 1.165) is 28.5 Å². The summed E-state index contributed by atoms with van der Waals surface area (Å²) in [5.74, 6) is 2.39. The van der Waals surface area contributed by atoms with Crippen LogP contribution in [0.15, 0.2) is 47.1 Å². The van der Waals surface area contributed by atoms with Crippen molar-refractivity contribution in [2.75, 3.05) is 20.2 Å². The fourth-order valence-electron chi connectivity index (χ4n) is 4.41. The van der Waals surface area contributed by atoms with Gasteiger partial charge in [0, 0.05) is 38.4 Å². The number of para-hydroxylation sites is 1. The van der Waals surface area contributed by atoms with E-state index in [4.69, 9.17) is 13.9 Å². The Morgan fingerprint density at radius 2 is 2.07 bits per heavy atom. The SMILES string of the molecule is COc1cccc2c1OC1(CCN(C(C)=O)CC1)N1NC(c3ccco3)=C[C@@H]21. The van der Waals surface area contributed by atoms with Crippen molar-refractivity contribution in [2.24, 2.45) is 0 Å². The highest BCUT2D eigenvalue weighted by molar-refractivity contribution is 5.73. The molecule has 0 saturated carbocycles. The van der Waals surface area contributed by atoms with Crippen LogP contribution in [0.5, 0.6) is 11.5 Å². The monoisotopic (exact) mass is 381 g/mol. The molecule has 1 aromatic heterocycles. The molecule has 1 N–H and O–H groups in total. The van der Waals surface area contributed by atoms with Gasteiger partial charge in [-0.05, 0) is 24.3 Å². The van der Waals surface area contributed by atoms with Crippen molar-refractivity contribution >= 4 is 11.6 Å². The average molecular weight is 381 g/mol. The zero-order valence-corrected chi connectivity index (χ0v) is 16.0. The fraction of sp³-hybridized carbons (Fsp3) is 0.381. The van der Waals surface area contributed by atoms with Crippen molar-refractivity contribution in [1.29, 1.82) is 0 Å². The largest absolute Gasteiger partial charge is 0.493 e. The molecule has 146 valence electrons. The zero-order valence-electron chi connectivity index (χ0n) is 16.0. The quantitative estimate of drug-likeness (QED) is 0.863. The van der Waals surface area contributed by atoms with Crippen molar-refractivity contribution < 1.29 is 18.7 Å². The maximum Gasteiger partial charge on any atom is 0.219 e. The fourth-order valence-corrected chi connectivity index (χ4v) is 4.41. The van der Waals surface area contributed by atoms with Crippen LogP contribution in [0.2, 0.25) is 0 Å². The van der Waals surface area contributed by atoms with E-state index in [1.807, 2.05) is 29.2 Å². The van der Waals surface area contributed by atoms with Crippen LogP contribution >= 0.6 is 0 Å². The van der Waals surface area contributed by atoms with Gasteiger partial charge in [-0.2, -0.15) is 5.01 Å². The van der Waals surface area contributed by atoms with Crippen LogP contribution in [0.4, 0.5) is 0 Å². The van der Waals surface area contributed by atoms with Gasteiger partial charge in [0.1, 0.15) is 0 Å². The van der Waals surface area contributed by atoms with Gasteiger partial charge < -0.3 is 24.2 Å². The van der Waals surface area contributed by atoms with Crippen LogP contribution in [-0.4, -0.2) is 41.7 Å². The molecule has 1 aromatic carbocycles. The second-order valence-corrected chi connectivity index (χ2v) is 7.42. The number of hydrogen-bond donors (Lipinski definition) is 1. The summed E-state index contributed by atoms with van der Waals surface area (Å²) in [5, 5.41) is 2.17. The molecular formula is C21H23N3O4. The first-order chi connectivity index (χ1) is 13.6. The number of rotatable bonds is 2. The Morgan fingerprint density at radius 1 is 1.25 bits per heavy atom. The molecule has 0 bridgehead atoms. The van der Waals surface area contributed by atoms with Gasteiger partial charge in [0.15, 0.2) is 23.0 Å². The lowest BCUT2D eigenvalue weighted by atomic mass is 9.92. The van der Waals surface area contributed by atoms with Gasteiger partial charge >= 0.3 is 0 Å². The highest BCUT2D eigenvalue weighted by Gasteiger charge is 2.52. The topological polar surface area (TPSA) is 67.2 Å². The Hall–Kier alpha value is -2.93. The van der Waals surface area contributed by atoms with Gasteiger partial charge in [0.05, 0.1) is 25.1 Å². The van der Waals surface area contributed by atoms with E-state index in [-0.39, 0.29) is 11.9 Å². The van der Waals surface area contributed by atoms with E-state index >= 15 is 0 Å². The second-order valence-electron chi connectivity index (χ2n) is 7.42. The maximum absolute atomic E-state index is 11.8. The second kappa shape index (κ2) is 6.31. The van der Waals surface area contributed by atoms with Crippen molar-refractivity contribution in [3.63, 3.8) is 0 Å². The maximum atomic E-state index is 11.8. The standard InChI is InChI=1S/C21H23N3O4/c1-14(25)23-10-8-21(9-11-23)24-17(13-16(22-24)18-7-4-12-27-18)15-5-3-6-19(26-2)20(15)28-21/h3-7,12-13,17,22H,8-11H2,1-2H3/t17-/m0/s1. The summed E-state index contributed by atoms with van der Waals surface area (Å²) in [7, 11) is 1.66. The van der Waals surface area contributed by atoms with E-state index in [2.05, 4.69) is 22.6 Å². The summed E-state index contributed by atoms with van der Waals surface area (Å²) >= 11 is 0. The lowest BCUT2D eigenvalue weighted by Gasteiger charge is -2.51. The third-order valence-corrected chi connectivity index (χ3v) is 5.90. The van der Waals surface area contributed by atoms with Crippen molar-refractivity contribution in [3.05, 3.63) is 54.0 Å². The van der Waals surface area contributed by atoms with Gasteiger partial charge in [-0.3, -0.25) is 4.79 Å². The zero-order chi connectivity index (χ0) is 19.3. The summed E-state index contributed by atoms with van der Waals surface area (Å²) < 4.78 is 17.8. The number of hydrazine groups is 1. The molecule has 4 heterocycles. The first-order valence-corrected chi connectivity index (χ1v) is 9.54. The van der Waals surface area contributed by atoms with Crippen LogP contribution in [0.1, 0.15) is 37.1 Å². The summed E-state index contributed by atoms with van der Waals surface area (Å²) in [4.78, 5) is 13.7. The highest BCUT2D eigenvalue weighted by Crippen LogP contribution is 2.51. The molecule has 0 unspecified atom stereocenters. The minimum Gasteiger partial charge on any atom is -0.493 e. The molecule has 0 radical (unpaired) electrons. The van der Waals surface area contributed by atoms with E-state index in [9.17, 15) is 4.79 Å². The first kappa shape index (κ1) is 17.2. The predicted molar refractivity (Wildman–Crippen MR) is 102 cm³/mol. The van der Waals surface area contributed by atoms with Gasteiger partial charge in [-0.25, -0.2) is 0 Å². The lowest BCUT2D eigenvalue weighted by Crippen LogP contribution is -2.64. The van der Waals surface area contributed by atoms with Crippen LogP contribution in [0.25, 0.3) is 5.70 Å². The number of nitrogens with zero attached hydrogens (tertiary/aromatic N) is 2. The predicted octanol–water partition coefficient (Wildman–Crippen LogP) is 2.92. The summed E-state index contributed by atoms with van der Waals surface area (Å²) in [6, 6.07) is 9.78. The minimum atomic E-state index is -0.566. The molecule has 28 heavy (non-hydrogen) atoms. The van der Waals surface area contributed by atoms with Crippen molar-refractivity contribution in [1.82, 2.24) is 15.3 Å². The normalized spacial score (nSPS) is 22.7. The molecule has 1 spiro atoms. The molecule has 7 heteroatoms. The van der Waals surface area contributed by atoms with Gasteiger partial charge in [-0.15, -0.1) is 0 Å². The number of carbonyl (C=O) groups is 1. The number of carbonyl (C=O) groups excluding carboxylic acids is 1. The molecule has 1 fully saturated rings. The van der Waals surface area contributed by atoms with Crippen molar-refractivity contribution in [2.45, 2.75) is 31.5 Å². The first-order valence-electron chi connectivity index (χ1n) is 9.54. The molecule has 7 nitrogen and oxygen atoms in total. The van der Waals surface area contributed by atoms with Crippen LogP contribution in [-0.2, 0) is 4.79 Å². The van der Waals surface area contributed by atoms with E-state index in [1.54, 1.807) is 20.3 Å². The van der Waals surface area contributed by atoms with E-state index < -0.39 is 5.72 Å². The number of ether oxygens (including phenoxy) is 2. The number of nitrogens with one attached hydrogen (secondary N) is 1.